The Balaban J connectivity index is 1.41. The van der Waals surface area contributed by atoms with Gasteiger partial charge in [-0.2, -0.15) is 0 Å². The zero-order chi connectivity index (χ0) is 16.0. The van der Waals surface area contributed by atoms with E-state index in [0.29, 0.717) is 6.42 Å². The van der Waals surface area contributed by atoms with Crippen molar-refractivity contribution in [3.63, 3.8) is 0 Å². The van der Waals surface area contributed by atoms with Crippen molar-refractivity contribution in [2.24, 2.45) is 0 Å². The minimum absolute atomic E-state index is 0.00919. The molecule has 5 heteroatoms. The van der Waals surface area contributed by atoms with Gasteiger partial charge in [0.05, 0.1) is 0 Å². The molecule has 1 aromatic carbocycles. The molecule has 0 saturated heterocycles. The molecule has 3 heterocycles. The molecule has 2 aromatic rings. The largest absolute Gasteiger partial charge is 0.480 e. The van der Waals surface area contributed by atoms with E-state index in [1.54, 1.807) is 0 Å². The van der Waals surface area contributed by atoms with Crippen molar-refractivity contribution in [2.75, 3.05) is 0 Å². The average molecular weight is 311 g/mol. The Kier molecular flexibility index (Phi) is 3.36. The van der Waals surface area contributed by atoms with Crippen LogP contribution < -0.4 is 10.1 Å². The number of imidazole rings is 1. The molecule has 0 spiro atoms. The van der Waals surface area contributed by atoms with E-state index in [4.69, 9.17) is 4.74 Å². The summed E-state index contributed by atoms with van der Waals surface area (Å²) in [5, 5.41) is 3.14. The summed E-state index contributed by atoms with van der Waals surface area (Å²) in [6.45, 7) is 4.95. The van der Waals surface area contributed by atoms with Gasteiger partial charge >= 0.3 is 0 Å². The van der Waals surface area contributed by atoms with Crippen LogP contribution in [-0.4, -0.2) is 27.6 Å². The molecule has 1 amide bonds. The fourth-order valence-electron chi connectivity index (χ4n) is 3.44. The van der Waals surface area contributed by atoms with E-state index in [1.165, 1.54) is 11.1 Å². The number of fused-ring (bicyclic) bond motifs is 2. The second-order valence-corrected chi connectivity index (χ2v) is 6.59. The third kappa shape index (κ3) is 2.60. The number of carbonyl (C=O) groups is 1. The van der Waals surface area contributed by atoms with Gasteiger partial charge in [-0.3, -0.25) is 4.79 Å². The van der Waals surface area contributed by atoms with Gasteiger partial charge in [-0.15, -0.1) is 0 Å². The smallest absolute Gasteiger partial charge is 0.261 e. The van der Waals surface area contributed by atoms with Crippen LogP contribution >= 0.6 is 0 Å². The molecule has 0 saturated carbocycles. The SMILES string of the molecule is Cc1cc2c(cc1C)OC(C(=O)NC1CCc3nccn3C1)C2. The number of carbonyl (C=O) groups excluding carboxylic acids is 1. The predicted molar refractivity (Wildman–Crippen MR) is 86.5 cm³/mol. The van der Waals surface area contributed by atoms with Gasteiger partial charge < -0.3 is 14.6 Å². The van der Waals surface area contributed by atoms with E-state index in [9.17, 15) is 4.79 Å². The number of aryl methyl sites for hydroxylation is 3. The van der Waals surface area contributed by atoms with Gasteiger partial charge in [0.25, 0.3) is 5.91 Å². The Morgan fingerprint density at radius 3 is 3.04 bits per heavy atom. The maximum atomic E-state index is 12.5. The van der Waals surface area contributed by atoms with Crippen molar-refractivity contribution in [3.8, 4) is 5.75 Å². The summed E-state index contributed by atoms with van der Waals surface area (Å²) in [5.74, 6) is 1.95. The van der Waals surface area contributed by atoms with Gasteiger partial charge in [-0.05, 0) is 43.0 Å². The highest BCUT2D eigenvalue weighted by Crippen LogP contribution is 2.31. The lowest BCUT2D eigenvalue weighted by Crippen LogP contribution is -2.46. The molecule has 2 atom stereocenters. The van der Waals surface area contributed by atoms with Crippen LogP contribution in [-0.2, 0) is 24.2 Å². The van der Waals surface area contributed by atoms with Crippen molar-refractivity contribution in [2.45, 2.75) is 51.8 Å². The van der Waals surface area contributed by atoms with E-state index in [0.717, 1.165) is 36.5 Å². The average Bonchev–Trinajstić information content (AvgIpc) is 3.13. The number of ether oxygens (including phenoxy) is 1. The minimum Gasteiger partial charge on any atom is -0.480 e. The molecule has 0 bridgehead atoms. The third-order valence-electron chi connectivity index (χ3n) is 4.93. The first-order valence-electron chi connectivity index (χ1n) is 8.17. The molecule has 0 radical (unpaired) electrons. The van der Waals surface area contributed by atoms with Crippen LogP contribution in [0.1, 0.15) is 28.9 Å². The number of rotatable bonds is 2. The summed E-state index contributed by atoms with van der Waals surface area (Å²) in [5.41, 5.74) is 3.58. The van der Waals surface area contributed by atoms with Gasteiger partial charge in [-0.25, -0.2) is 4.98 Å². The number of nitrogens with zero attached hydrogens (tertiary/aromatic N) is 2. The lowest BCUT2D eigenvalue weighted by atomic mass is 10.0. The van der Waals surface area contributed by atoms with E-state index in [1.807, 2.05) is 18.5 Å². The van der Waals surface area contributed by atoms with Crippen LogP contribution in [0.4, 0.5) is 0 Å². The van der Waals surface area contributed by atoms with Crippen molar-refractivity contribution in [3.05, 3.63) is 47.0 Å². The van der Waals surface area contributed by atoms with Crippen molar-refractivity contribution >= 4 is 5.91 Å². The van der Waals surface area contributed by atoms with Crippen LogP contribution in [0.25, 0.3) is 0 Å². The van der Waals surface area contributed by atoms with E-state index in [2.05, 4.69) is 34.8 Å². The van der Waals surface area contributed by atoms with E-state index >= 15 is 0 Å². The van der Waals surface area contributed by atoms with Gasteiger partial charge in [0, 0.05) is 37.8 Å². The Labute approximate surface area is 135 Å². The fraction of sp³-hybridized carbons (Fsp3) is 0.444. The van der Waals surface area contributed by atoms with Gasteiger partial charge in [-0.1, -0.05) is 6.07 Å². The molecule has 2 aliphatic heterocycles. The molecule has 0 fully saturated rings. The lowest BCUT2D eigenvalue weighted by Gasteiger charge is -2.25. The van der Waals surface area contributed by atoms with Gasteiger partial charge in [0.15, 0.2) is 6.10 Å². The first-order valence-corrected chi connectivity index (χ1v) is 8.17. The molecule has 4 rings (SSSR count). The normalized spacial score (nSPS) is 22.2. The highest BCUT2D eigenvalue weighted by atomic mass is 16.5. The zero-order valence-corrected chi connectivity index (χ0v) is 13.5. The van der Waals surface area contributed by atoms with Crippen molar-refractivity contribution in [1.82, 2.24) is 14.9 Å². The summed E-state index contributed by atoms with van der Waals surface area (Å²) in [6.07, 6.45) is 5.88. The fourth-order valence-corrected chi connectivity index (χ4v) is 3.44. The predicted octanol–water partition coefficient (Wildman–Crippen LogP) is 1.93. The zero-order valence-electron chi connectivity index (χ0n) is 13.5. The summed E-state index contributed by atoms with van der Waals surface area (Å²) in [7, 11) is 0. The number of hydrogen-bond acceptors (Lipinski definition) is 3. The summed E-state index contributed by atoms with van der Waals surface area (Å²) >= 11 is 0. The molecule has 1 aromatic heterocycles. The Morgan fingerprint density at radius 1 is 1.35 bits per heavy atom. The molecule has 5 nitrogen and oxygen atoms in total. The first-order chi connectivity index (χ1) is 11.1. The molecule has 120 valence electrons. The van der Waals surface area contributed by atoms with Crippen LogP contribution in [0.15, 0.2) is 24.5 Å². The summed E-state index contributed by atoms with van der Waals surface area (Å²) < 4.78 is 7.99. The highest BCUT2D eigenvalue weighted by Gasteiger charge is 2.31. The number of nitrogens with one attached hydrogen (secondary N) is 1. The Hall–Kier alpha value is -2.30. The highest BCUT2D eigenvalue weighted by molar-refractivity contribution is 5.82. The molecular weight excluding hydrogens is 290 g/mol. The van der Waals surface area contributed by atoms with E-state index < -0.39 is 6.10 Å². The lowest BCUT2D eigenvalue weighted by molar-refractivity contribution is -0.128. The topological polar surface area (TPSA) is 56.1 Å². The monoisotopic (exact) mass is 311 g/mol. The molecule has 2 aliphatic rings. The number of aromatic nitrogens is 2. The van der Waals surface area contributed by atoms with Crippen molar-refractivity contribution in [1.29, 1.82) is 0 Å². The maximum Gasteiger partial charge on any atom is 0.261 e. The van der Waals surface area contributed by atoms with Crippen LogP contribution in [0.3, 0.4) is 0 Å². The molecular formula is C18H21N3O2. The van der Waals surface area contributed by atoms with Crippen molar-refractivity contribution < 1.29 is 9.53 Å². The minimum atomic E-state index is -0.407. The van der Waals surface area contributed by atoms with Crippen LogP contribution in [0.5, 0.6) is 5.75 Å². The second kappa shape index (κ2) is 5.41. The quantitative estimate of drug-likeness (QED) is 0.922. The number of benzene rings is 1. The maximum absolute atomic E-state index is 12.5. The van der Waals surface area contributed by atoms with E-state index in [-0.39, 0.29) is 11.9 Å². The summed E-state index contributed by atoms with van der Waals surface area (Å²) in [4.78, 5) is 16.9. The summed E-state index contributed by atoms with van der Waals surface area (Å²) in [6, 6.07) is 4.33. The molecule has 0 aliphatic carbocycles. The third-order valence-corrected chi connectivity index (χ3v) is 4.93. The second-order valence-electron chi connectivity index (χ2n) is 6.59. The molecule has 1 N–H and O–H groups in total. The van der Waals surface area contributed by atoms with Crippen LogP contribution in [0.2, 0.25) is 0 Å². The Bertz CT molecular complexity index is 735. The number of hydrogen-bond donors (Lipinski definition) is 1. The standard InChI is InChI=1S/C18H21N3O2/c1-11-7-13-9-16(23-15(13)8-12(11)2)18(22)20-14-3-4-17-19-5-6-21(17)10-14/h5-8,14,16H,3-4,9-10H2,1-2H3,(H,20,22). The number of amides is 1. The molecule has 23 heavy (non-hydrogen) atoms. The van der Waals surface area contributed by atoms with Gasteiger partial charge in [0.1, 0.15) is 11.6 Å². The Morgan fingerprint density at radius 2 is 2.17 bits per heavy atom. The van der Waals surface area contributed by atoms with Crippen LogP contribution in [0, 0.1) is 13.8 Å². The first kappa shape index (κ1) is 14.3. The van der Waals surface area contributed by atoms with Gasteiger partial charge in [0.2, 0.25) is 0 Å². The molecule has 2 unspecified atom stereocenters.